The molecule has 0 spiro atoms. The zero-order valence-electron chi connectivity index (χ0n) is 30.4. The lowest BCUT2D eigenvalue weighted by atomic mass is 9.48. The molecule has 8 nitrogen and oxygen atoms in total. The fourth-order valence-corrected chi connectivity index (χ4v) is 10.7. The van der Waals surface area contributed by atoms with Crippen molar-refractivity contribution >= 4 is 54.8 Å². The fourth-order valence-electron chi connectivity index (χ4n) is 8.64. The second-order valence-corrected chi connectivity index (χ2v) is 17.6. The SMILES string of the molecule is CC(=O)c1nc(N2CCc3cccc(C(=O)Nc4nc5ccccc5s4)c3C2)sc1CCCOc1ccccc1OC1C[C@@H]2CC[C@@]1(C)C(C)(C)C2. The van der Waals surface area contributed by atoms with Crippen molar-refractivity contribution in [2.24, 2.45) is 16.7 Å². The van der Waals surface area contributed by atoms with Gasteiger partial charge >= 0.3 is 0 Å². The van der Waals surface area contributed by atoms with E-state index in [0.29, 0.717) is 36.0 Å². The van der Waals surface area contributed by atoms with Gasteiger partial charge in [0.15, 0.2) is 27.5 Å². The number of hydrogen-bond acceptors (Lipinski definition) is 9. The molecule has 3 heterocycles. The topological polar surface area (TPSA) is 93.7 Å². The normalized spacial score (nSPS) is 21.9. The van der Waals surface area contributed by atoms with Crippen molar-refractivity contribution < 1.29 is 19.1 Å². The van der Waals surface area contributed by atoms with Crippen LogP contribution in [0.25, 0.3) is 10.2 Å². The molecule has 5 aromatic rings. The fraction of sp³-hybridized carbons (Fsp3) is 0.429. The van der Waals surface area contributed by atoms with Crippen LogP contribution < -0.4 is 19.7 Å². The molecule has 0 saturated heterocycles. The van der Waals surface area contributed by atoms with Crippen LogP contribution in [0.1, 0.15) is 96.6 Å². The minimum Gasteiger partial charge on any atom is -0.490 e. The van der Waals surface area contributed by atoms with Gasteiger partial charge in [0, 0.05) is 35.9 Å². The average Bonchev–Trinajstić information content (AvgIpc) is 3.75. The van der Waals surface area contributed by atoms with Gasteiger partial charge in [-0.2, -0.15) is 0 Å². The Morgan fingerprint density at radius 2 is 1.79 bits per heavy atom. The van der Waals surface area contributed by atoms with Crippen molar-refractivity contribution in [3.8, 4) is 11.5 Å². The summed E-state index contributed by atoms with van der Waals surface area (Å²) < 4.78 is 14.2. The van der Waals surface area contributed by atoms with E-state index in [1.54, 1.807) is 18.3 Å². The maximum Gasteiger partial charge on any atom is 0.257 e. The number of rotatable bonds is 11. The predicted molar refractivity (Wildman–Crippen MR) is 209 cm³/mol. The van der Waals surface area contributed by atoms with Gasteiger partial charge in [0.05, 0.1) is 16.8 Å². The van der Waals surface area contributed by atoms with Crippen LogP contribution in [0.2, 0.25) is 0 Å². The first kappa shape index (κ1) is 34.8. The van der Waals surface area contributed by atoms with Gasteiger partial charge in [-0.05, 0) is 97.7 Å². The summed E-state index contributed by atoms with van der Waals surface area (Å²) in [6.45, 7) is 10.6. The number of aromatic nitrogens is 2. The Bertz CT molecular complexity index is 2110. The highest BCUT2D eigenvalue weighted by Crippen LogP contribution is 2.61. The van der Waals surface area contributed by atoms with Crippen LogP contribution >= 0.6 is 22.7 Å². The minimum atomic E-state index is -0.169. The third-order valence-corrected chi connectivity index (χ3v) is 14.0. The summed E-state index contributed by atoms with van der Waals surface area (Å²) in [6.07, 6.45) is 7.29. The molecular formula is C42H46N4O4S2. The minimum absolute atomic E-state index is 0.0383. The van der Waals surface area contributed by atoms with Gasteiger partial charge in [-0.15, -0.1) is 11.3 Å². The summed E-state index contributed by atoms with van der Waals surface area (Å²) in [4.78, 5) is 38.9. The first-order valence-corrected chi connectivity index (χ1v) is 20.1. The molecule has 9 rings (SSSR count). The van der Waals surface area contributed by atoms with Crippen molar-refractivity contribution in [1.29, 1.82) is 0 Å². The molecule has 52 heavy (non-hydrogen) atoms. The number of para-hydroxylation sites is 3. The maximum atomic E-state index is 13.6. The lowest BCUT2D eigenvalue weighted by Crippen LogP contribution is -2.56. The molecule has 3 fully saturated rings. The first-order valence-electron chi connectivity index (χ1n) is 18.5. The van der Waals surface area contributed by atoms with Crippen LogP contribution in [-0.2, 0) is 19.4 Å². The average molecular weight is 735 g/mol. The third kappa shape index (κ3) is 6.60. The standard InChI is InChI=1S/C42H46N4O4S2/c1-26(47)37-35(17-10-22-49-32-14-6-7-15-33(32)50-36-23-27-18-20-42(36,4)41(2,3)24-27)52-40(44-37)46-21-19-28-11-9-12-29(30(28)25-46)38(48)45-39-43-31-13-5-8-16-34(31)51-39/h5-9,11-16,27,36H,10,17-25H2,1-4H3,(H,43,45,48)/t27-,36?,42+/m0/s1. The summed E-state index contributed by atoms with van der Waals surface area (Å²) in [7, 11) is 0. The summed E-state index contributed by atoms with van der Waals surface area (Å²) in [5.74, 6) is 2.12. The van der Waals surface area contributed by atoms with Gasteiger partial charge in [0.1, 0.15) is 11.8 Å². The number of carbonyl (C=O) groups is 2. The molecule has 2 aromatic heterocycles. The number of fused-ring (bicyclic) bond motifs is 5. The van der Waals surface area contributed by atoms with E-state index in [2.05, 4.69) is 42.0 Å². The molecule has 3 aromatic carbocycles. The Morgan fingerprint density at radius 3 is 2.60 bits per heavy atom. The molecule has 1 aliphatic heterocycles. The van der Waals surface area contributed by atoms with Gasteiger partial charge in [0.25, 0.3) is 5.91 Å². The second kappa shape index (κ2) is 13.9. The molecular weight excluding hydrogens is 689 g/mol. The highest BCUT2D eigenvalue weighted by molar-refractivity contribution is 7.22. The number of benzene rings is 3. The largest absolute Gasteiger partial charge is 0.490 e. The number of Topliss-reactive ketones (excluding diaryl/α,β-unsaturated/α-hetero) is 1. The van der Waals surface area contributed by atoms with E-state index < -0.39 is 0 Å². The number of thiazole rings is 2. The number of nitrogens with one attached hydrogen (secondary N) is 1. The lowest BCUT2D eigenvalue weighted by Gasteiger charge is -2.59. The second-order valence-electron chi connectivity index (χ2n) is 15.5. The Kier molecular flexibility index (Phi) is 9.32. The molecule has 1 unspecified atom stereocenters. The van der Waals surface area contributed by atoms with E-state index in [0.717, 1.165) is 74.6 Å². The van der Waals surface area contributed by atoms with E-state index >= 15 is 0 Å². The number of carbonyl (C=O) groups excluding carboxylic acids is 2. The Hall–Kier alpha value is -4.28. The number of hydrogen-bond donors (Lipinski definition) is 1. The van der Waals surface area contributed by atoms with Crippen LogP contribution in [0.5, 0.6) is 11.5 Å². The van der Waals surface area contributed by atoms with E-state index in [4.69, 9.17) is 14.5 Å². The molecule has 0 radical (unpaired) electrons. The third-order valence-electron chi connectivity index (χ3n) is 11.9. The molecule has 1 amide bonds. The monoisotopic (exact) mass is 734 g/mol. The van der Waals surface area contributed by atoms with Gasteiger partial charge < -0.3 is 14.4 Å². The van der Waals surface area contributed by atoms with Gasteiger partial charge in [-0.1, -0.05) is 68.5 Å². The summed E-state index contributed by atoms with van der Waals surface area (Å²) in [5.41, 5.74) is 4.58. The Labute approximate surface area is 313 Å². The highest BCUT2D eigenvalue weighted by Gasteiger charge is 2.56. The van der Waals surface area contributed by atoms with Crippen molar-refractivity contribution in [3.05, 3.63) is 94.0 Å². The lowest BCUT2D eigenvalue weighted by molar-refractivity contribution is -0.135. The summed E-state index contributed by atoms with van der Waals surface area (Å²) in [6, 6.07) is 21.8. The van der Waals surface area contributed by atoms with Crippen LogP contribution in [0, 0.1) is 16.7 Å². The van der Waals surface area contributed by atoms with Crippen LogP contribution in [0.4, 0.5) is 10.3 Å². The molecule has 3 atom stereocenters. The molecule has 270 valence electrons. The summed E-state index contributed by atoms with van der Waals surface area (Å²) >= 11 is 3.04. The number of nitrogens with zero attached hydrogens (tertiary/aromatic N) is 3. The van der Waals surface area contributed by atoms with Crippen LogP contribution in [0.3, 0.4) is 0 Å². The number of amides is 1. The maximum absolute atomic E-state index is 13.6. The van der Waals surface area contributed by atoms with E-state index in [1.807, 2.05) is 60.7 Å². The number of aryl methyl sites for hydroxylation is 1. The number of ether oxygens (including phenoxy) is 2. The molecule has 10 heteroatoms. The van der Waals surface area contributed by atoms with Crippen molar-refractivity contribution in [3.63, 3.8) is 0 Å². The smallest absolute Gasteiger partial charge is 0.257 e. The van der Waals surface area contributed by atoms with E-state index in [9.17, 15) is 9.59 Å². The molecule has 3 saturated carbocycles. The Balaban J connectivity index is 0.923. The first-order chi connectivity index (χ1) is 25.1. The quantitative estimate of drug-likeness (QED) is 0.107. The predicted octanol–water partition coefficient (Wildman–Crippen LogP) is 9.77. The number of ketones is 1. The van der Waals surface area contributed by atoms with Gasteiger partial charge in [-0.25, -0.2) is 9.97 Å². The molecule has 3 aliphatic carbocycles. The van der Waals surface area contributed by atoms with Gasteiger partial charge in [0.2, 0.25) is 0 Å². The molecule has 1 N–H and O–H groups in total. The van der Waals surface area contributed by atoms with Crippen LogP contribution in [-0.4, -0.2) is 40.9 Å². The molecule has 2 bridgehead atoms. The van der Waals surface area contributed by atoms with Crippen molar-refractivity contribution in [2.75, 3.05) is 23.4 Å². The van der Waals surface area contributed by atoms with Crippen molar-refractivity contribution in [1.82, 2.24) is 9.97 Å². The van der Waals surface area contributed by atoms with Crippen LogP contribution in [0.15, 0.2) is 66.7 Å². The zero-order chi connectivity index (χ0) is 36.0. The Morgan fingerprint density at radius 1 is 0.981 bits per heavy atom. The van der Waals surface area contributed by atoms with E-state index in [-0.39, 0.29) is 28.6 Å². The van der Waals surface area contributed by atoms with Crippen molar-refractivity contribution in [2.45, 2.75) is 85.3 Å². The number of anilines is 2. The van der Waals surface area contributed by atoms with Gasteiger partial charge in [-0.3, -0.25) is 14.9 Å². The zero-order valence-corrected chi connectivity index (χ0v) is 32.0. The highest BCUT2D eigenvalue weighted by atomic mass is 32.1. The van der Waals surface area contributed by atoms with E-state index in [1.165, 1.54) is 30.6 Å². The molecule has 4 aliphatic rings. The summed E-state index contributed by atoms with van der Waals surface area (Å²) in [5, 5.41) is 4.42.